The number of para-hydroxylation sites is 1. The Morgan fingerprint density at radius 2 is 2.00 bits per heavy atom. The van der Waals surface area contributed by atoms with E-state index in [1.807, 2.05) is 43.3 Å². The van der Waals surface area contributed by atoms with Crippen LogP contribution >= 0.6 is 0 Å². The van der Waals surface area contributed by atoms with E-state index >= 15 is 0 Å². The normalized spacial score (nSPS) is 9.95. The summed E-state index contributed by atoms with van der Waals surface area (Å²) in [6.07, 6.45) is 0. The number of aryl methyl sites for hydroxylation is 1. The number of ether oxygens (including phenoxy) is 2. The van der Waals surface area contributed by atoms with Crippen LogP contribution < -0.4 is 4.74 Å². The fourth-order valence-electron chi connectivity index (χ4n) is 1.77. The van der Waals surface area contributed by atoms with Crippen molar-refractivity contribution in [3.05, 3.63) is 53.2 Å². The van der Waals surface area contributed by atoms with Gasteiger partial charge < -0.3 is 9.47 Å². The van der Waals surface area contributed by atoms with Gasteiger partial charge in [-0.1, -0.05) is 18.2 Å². The van der Waals surface area contributed by atoms with Gasteiger partial charge in [0.25, 0.3) is 0 Å². The molecule has 0 unspecified atom stereocenters. The van der Waals surface area contributed by atoms with Crippen LogP contribution in [0.2, 0.25) is 0 Å². The highest BCUT2D eigenvalue weighted by Crippen LogP contribution is 2.26. The van der Waals surface area contributed by atoms with Crippen LogP contribution in [0.3, 0.4) is 0 Å². The molecule has 2 rings (SSSR count). The third-order valence-electron chi connectivity index (χ3n) is 2.57. The molecule has 1 aromatic carbocycles. The zero-order valence-electron chi connectivity index (χ0n) is 10.9. The molecule has 1 heterocycles. The summed E-state index contributed by atoms with van der Waals surface area (Å²) in [6.45, 7) is 2.22. The molecule has 2 aromatic rings. The average molecular weight is 254 g/mol. The van der Waals surface area contributed by atoms with E-state index in [-0.39, 0.29) is 0 Å². The lowest BCUT2D eigenvalue weighted by molar-refractivity contribution is 0.184. The van der Waals surface area contributed by atoms with Crippen molar-refractivity contribution in [3.8, 4) is 17.7 Å². The molecule has 1 aromatic heterocycles. The zero-order valence-corrected chi connectivity index (χ0v) is 10.9. The van der Waals surface area contributed by atoms with Crippen LogP contribution in [-0.2, 0) is 11.3 Å². The summed E-state index contributed by atoms with van der Waals surface area (Å²) in [4.78, 5) is 4.28. The summed E-state index contributed by atoms with van der Waals surface area (Å²) in [7, 11) is 1.59. The number of aromatic nitrogens is 1. The van der Waals surface area contributed by atoms with Crippen LogP contribution in [0.5, 0.6) is 11.6 Å². The van der Waals surface area contributed by atoms with Crippen LogP contribution in [0.15, 0.2) is 36.4 Å². The molecule has 0 saturated carbocycles. The molecule has 0 fully saturated rings. The van der Waals surface area contributed by atoms with Crippen LogP contribution in [0, 0.1) is 18.3 Å². The molecule has 19 heavy (non-hydrogen) atoms. The van der Waals surface area contributed by atoms with Crippen molar-refractivity contribution in [2.45, 2.75) is 13.5 Å². The van der Waals surface area contributed by atoms with Gasteiger partial charge in [0.1, 0.15) is 17.4 Å². The van der Waals surface area contributed by atoms with Crippen molar-refractivity contribution >= 4 is 0 Å². The van der Waals surface area contributed by atoms with E-state index in [9.17, 15) is 5.26 Å². The summed E-state index contributed by atoms with van der Waals surface area (Å²) in [5.74, 6) is 0.973. The first-order valence-electron chi connectivity index (χ1n) is 5.87. The molecule has 0 aliphatic carbocycles. The Kier molecular flexibility index (Phi) is 4.11. The van der Waals surface area contributed by atoms with Crippen molar-refractivity contribution in [3.63, 3.8) is 0 Å². The average Bonchev–Trinajstić information content (AvgIpc) is 2.40. The predicted octanol–water partition coefficient (Wildman–Crippen LogP) is 3.20. The van der Waals surface area contributed by atoms with Gasteiger partial charge in [-0.25, -0.2) is 4.98 Å². The van der Waals surface area contributed by atoms with Gasteiger partial charge in [0.2, 0.25) is 5.88 Å². The van der Waals surface area contributed by atoms with Gasteiger partial charge >= 0.3 is 0 Å². The third kappa shape index (κ3) is 3.09. The second-order valence-electron chi connectivity index (χ2n) is 4.06. The van der Waals surface area contributed by atoms with E-state index in [0.717, 1.165) is 11.3 Å². The molecular weight excluding hydrogens is 240 g/mol. The number of hydrogen-bond donors (Lipinski definition) is 0. The molecule has 96 valence electrons. The first-order chi connectivity index (χ1) is 9.24. The summed E-state index contributed by atoms with van der Waals surface area (Å²) < 4.78 is 10.8. The summed E-state index contributed by atoms with van der Waals surface area (Å²) in [5.41, 5.74) is 1.98. The molecule has 0 amide bonds. The van der Waals surface area contributed by atoms with Crippen molar-refractivity contribution in [2.24, 2.45) is 0 Å². The number of benzene rings is 1. The topological polar surface area (TPSA) is 55.1 Å². The number of nitriles is 1. The SMILES string of the molecule is COCc1cc(C)nc(Oc2ccccc2)c1C#N. The van der Waals surface area contributed by atoms with E-state index < -0.39 is 0 Å². The molecule has 0 spiro atoms. The first-order valence-corrected chi connectivity index (χ1v) is 5.87. The van der Waals surface area contributed by atoms with Gasteiger partial charge in [-0.15, -0.1) is 0 Å². The lowest BCUT2D eigenvalue weighted by Crippen LogP contribution is -2.00. The number of hydrogen-bond acceptors (Lipinski definition) is 4. The fraction of sp³-hybridized carbons (Fsp3) is 0.200. The number of rotatable bonds is 4. The van der Waals surface area contributed by atoms with Crippen molar-refractivity contribution in [1.29, 1.82) is 5.26 Å². The maximum atomic E-state index is 9.27. The highest BCUT2D eigenvalue weighted by Gasteiger charge is 2.13. The quantitative estimate of drug-likeness (QED) is 0.840. The van der Waals surface area contributed by atoms with Crippen LogP contribution in [0.1, 0.15) is 16.8 Å². The minimum absolute atomic E-state index is 0.320. The van der Waals surface area contributed by atoms with Gasteiger partial charge in [-0.05, 0) is 25.1 Å². The molecular formula is C15H14N2O2. The predicted molar refractivity (Wildman–Crippen MR) is 70.9 cm³/mol. The molecule has 0 aliphatic heterocycles. The second-order valence-corrected chi connectivity index (χ2v) is 4.06. The Morgan fingerprint density at radius 3 is 2.63 bits per heavy atom. The fourth-order valence-corrected chi connectivity index (χ4v) is 1.77. The standard InChI is InChI=1S/C15H14N2O2/c1-11-8-12(10-18-2)14(9-16)15(17-11)19-13-6-4-3-5-7-13/h3-8H,10H2,1-2H3. The van der Waals surface area contributed by atoms with Crippen LogP contribution in [0.25, 0.3) is 0 Å². The smallest absolute Gasteiger partial charge is 0.237 e. The maximum absolute atomic E-state index is 9.27. The summed E-state index contributed by atoms with van der Waals surface area (Å²) >= 11 is 0. The number of pyridine rings is 1. The van der Waals surface area contributed by atoms with Crippen molar-refractivity contribution < 1.29 is 9.47 Å². The molecule has 4 heteroatoms. The Morgan fingerprint density at radius 1 is 1.26 bits per heavy atom. The molecule has 0 aliphatic rings. The lowest BCUT2D eigenvalue weighted by atomic mass is 10.1. The zero-order chi connectivity index (χ0) is 13.7. The van der Waals surface area contributed by atoms with Crippen molar-refractivity contribution in [2.75, 3.05) is 7.11 Å². The minimum Gasteiger partial charge on any atom is -0.438 e. The molecule has 0 radical (unpaired) electrons. The Balaban J connectivity index is 2.42. The minimum atomic E-state index is 0.320. The first kappa shape index (κ1) is 13.1. The van der Waals surface area contributed by atoms with Crippen LogP contribution in [-0.4, -0.2) is 12.1 Å². The number of nitrogens with zero attached hydrogens (tertiary/aromatic N) is 2. The van der Waals surface area contributed by atoms with E-state index in [2.05, 4.69) is 11.1 Å². The second kappa shape index (κ2) is 5.98. The van der Waals surface area contributed by atoms with Gasteiger partial charge in [-0.2, -0.15) is 5.26 Å². The lowest BCUT2D eigenvalue weighted by Gasteiger charge is -2.10. The molecule has 0 N–H and O–H groups in total. The maximum Gasteiger partial charge on any atom is 0.237 e. The van der Waals surface area contributed by atoms with E-state index in [1.54, 1.807) is 7.11 Å². The third-order valence-corrected chi connectivity index (χ3v) is 2.57. The van der Waals surface area contributed by atoms with Gasteiger partial charge in [0, 0.05) is 18.4 Å². The van der Waals surface area contributed by atoms with Crippen molar-refractivity contribution in [1.82, 2.24) is 4.98 Å². The van der Waals surface area contributed by atoms with E-state index in [0.29, 0.717) is 23.8 Å². The Hall–Kier alpha value is -2.38. The Bertz CT molecular complexity index is 604. The van der Waals surface area contributed by atoms with E-state index in [1.165, 1.54) is 0 Å². The monoisotopic (exact) mass is 254 g/mol. The number of methoxy groups -OCH3 is 1. The highest BCUT2D eigenvalue weighted by atomic mass is 16.5. The van der Waals surface area contributed by atoms with Gasteiger partial charge in [0.05, 0.1) is 6.61 Å². The summed E-state index contributed by atoms with van der Waals surface area (Å²) in [6, 6.07) is 13.2. The molecule has 0 saturated heterocycles. The Labute approximate surface area is 112 Å². The van der Waals surface area contributed by atoms with Gasteiger partial charge in [-0.3, -0.25) is 0 Å². The largest absolute Gasteiger partial charge is 0.438 e. The van der Waals surface area contributed by atoms with E-state index in [4.69, 9.17) is 9.47 Å². The summed E-state index contributed by atoms with van der Waals surface area (Å²) in [5, 5.41) is 9.27. The van der Waals surface area contributed by atoms with Crippen LogP contribution in [0.4, 0.5) is 0 Å². The highest BCUT2D eigenvalue weighted by molar-refractivity contribution is 5.47. The van der Waals surface area contributed by atoms with Gasteiger partial charge in [0.15, 0.2) is 0 Å². The molecule has 4 nitrogen and oxygen atoms in total. The molecule has 0 bridgehead atoms. The molecule has 0 atom stereocenters.